The molecule has 8 aromatic carbocycles. The summed E-state index contributed by atoms with van der Waals surface area (Å²) in [5, 5.41) is 0. The maximum Gasteiger partial charge on any atom is -0.0392 e. The molecule has 8 aromatic rings. The van der Waals surface area contributed by atoms with Crippen LogP contribution in [0.1, 0.15) is 234 Å². The van der Waals surface area contributed by atoms with Crippen molar-refractivity contribution in [2.45, 2.75) is 291 Å². The predicted octanol–water partition coefficient (Wildman–Crippen LogP) is 26.4. The van der Waals surface area contributed by atoms with Crippen molar-refractivity contribution in [1.82, 2.24) is 0 Å². The van der Waals surface area contributed by atoms with Gasteiger partial charge < -0.3 is 0 Å². The van der Waals surface area contributed by atoms with Gasteiger partial charge in [-0.15, -0.1) is 0 Å². The van der Waals surface area contributed by atoms with E-state index in [0.717, 1.165) is 0 Å². The molecule has 492 valence electrons. The Bertz CT molecular complexity index is 2880. The van der Waals surface area contributed by atoms with E-state index in [-0.39, 0.29) is 0 Å². The normalized spacial score (nSPS) is 10.3. The zero-order valence-corrected chi connectivity index (χ0v) is 66.5. The van der Waals surface area contributed by atoms with E-state index in [1.807, 2.05) is 0 Å². The van der Waals surface area contributed by atoms with Crippen molar-refractivity contribution in [2.24, 2.45) is 0 Å². The lowest BCUT2D eigenvalue weighted by molar-refractivity contribution is 1.13. The van der Waals surface area contributed by atoms with Crippen molar-refractivity contribution in [3.8, 4) is 0 Å². The van der Waals surface area contributed by atoms with Crippen molar-refractivity contribution >= 4 is 0 Å². The van der Waals surface area contributed by atoms with Crippen molar-refractivity contribution < 1.29 is 0 Å². The number of benzene rings is 8. The number of aryl methyl sites for hydroxylation is 12. The smallest absolute Gasteiger partial charge is 0.0392 e. The minimum atomic E-state index is 1.39. The van der Waals surface area contributed by atoms with E-state index in [2.05, 4.69) is 327 Å². The molecule has 0 bridgehead atoms. The Hall–Kier alpha value is -6.24. The van der Waals surface area contributed by atoms with Crippen LogP contribution in [-0.4, -0.2) is 0 Å². The summed E-state index contributed by atoms with van der Waals surface area (Å²) in [4.78, 5) is 0. The van der Waals surface area contributed by atoms with Crippen LogP contribution in [0.25, 0.3) is 0 Å². The van der Waals surface area contributed by atoms with Crippen molar-refractivity contribution in [1.29, 1.82) is 0 Å². The van der Waals surface area contributed by atoms with E-state index in [4.69, 9.17) is 0 Å². The van der Waals surface area contributed by atoms with Crippen LogP contribution in [0, 0.1) is 291 Å². The highest BCUT2D eigenvalue weighted by Crippen LogP contribution is 2.29. The monoisotopic (exact) mass is 1210 g/mol. The molecule has 0 spiro atoms. The Kier molecular flexibility index (Phi) is 31.8. The molecule has 0 heteroatoms. The maximum absolute atomic E-state index is 2.26. The molecule has 0 aliphatic carbocycles. The van der Waals surface area contributed by atoms with Gasteiger partial charge in [-0.2, -0.15) is 0 Å². The Morgan fingerprint density at radius 2 is 0.133 bits per heavy atom. The summed E-state index contributed by atoms with van der Waals surface area (Å²) in [6, 6.07) is 13.5. The van der Waals surface area contributed by atoms with Gasteiger partial charge in [0.25, 0.3) is 0 Å². The quantitative estimate of drug-likeness (QED) is 0.142. The molecule has 8 rings (SSSR count). The summed E-state index contributed by atoms with van der Waals surface area (Å²) in [7, 11) is 0. The summed E-state index contributed by atoms with van der Waals surface area (Å²) in [5.41, 5.74) is 60.3. The Morgan fingerprint density at radius 3 is 0.211 bits per heavy atom. The second kappa shape index (κ2) is 35.0. The lowest BCUT2D eigenvalue weighted by Gasteiger charge is -2.15. The van der Waals surface area contributed by atoms with Gasteiger partial charge in [0.1, 0.15) is 0 Å². The van der Waals surface area contributed by atoms with Crippen LogP contribution < -0.4 is 0 Å². The standard InChI is InChI=1S/4C12H18.2C11H16.2C10H14/c4*1-7-8(2)10(4)12(6)11(5)9(7)3;2*1-7-6-8(2)10(4)11(5)9(7)3;2*1-7-5-9(3)10(4)6-8(7)2/h4*1-6H3;2*6H,1-5H3;2*5-6H,1-4H3. The second-order valence-corrected chi connectivity index (χ2v) is 27.8. The fourth-order valence-corrected chi connectivity index (χ4v) is 11.8. The van der Waals surface area contributed by atoms with Gasteiger partial charge in [0, 0.05) is 0 Å². The fourth-order valence-electron chi connectivity index (χ4n) is 11.8. The van der Waals surface area contributed by atoms with Gasteiger partial charge in [0.05, 0.1) is 0 Å². The molecule has 0 aromatic heterocycles. The van der Waals surface area contributed by atoms with E-state index in [0.29, 0.717) is 0 Å². The Morgan fingerprint density at radius 1 is 0.0778 bits per heavy atom. The topological polar surface area (TPSA) is 0 Å². The number of hydrogen-bond acceptors (Lipinski definition) is 0. The molecule has 0 unspecified atom stereocenters. The van der Waals surface area contributed by atoms with Crippen LogP contribution in [0.3, 0.4) is 0 Å². The van der Waals surface area contributed by atoms with Gasteiger partial charge in [0.15, 0.2) is 0 Å². The minimum absolute atomic E-state index is 1.39. The molecular weight excluding hydrogens is 1080 g/mol. The molecule has 90 heavy (non-hydrogen) atoms. The van der Waals surface area contributed by atoms with Crippen LogP contribution in [0.15, 0.2) is 36.4 Å². The average Bonchev–Trinajstić information content (AvgIpc) is 0.989. The summed E-state index contributed by atoms with van der Waals surface area (Å²) in [5.74, 6) is 0. The maximum atomic E-state index is 2.26. The summed E-state index contributed by atoms with van der Waals surface area (Å²) < 4.78 is 0. The van der Waals surface area contributed by atoms with Gasteiger partial charge in [-0.3, -0.25) is 0 Å². The van der Waals surface area contributed by atoms with Crippen LogP contribution in [-0.2, 0) is 0 Å². The highest BCUT2D eigenvalue weighted by molar-refractivity contribution is 5.52. The molecule has 0 fully saturated rings. The molecule has 0 aliphatic rings. The third-order valence-electron chi connectivity index (χ3n) is 23.2. The third kappa shape index (κ3) is 20.4. The number of rotatable bonds is 0. The minimum Gasteiger partial charge on any atom is -0.0559 e. The molecule has 0 nitrogen and oxygen atoms in total. The molecule has 0 atom stereocenters. The molecule has 0 radical (unpaired) electrons. The first-order valence-corrected chi connectivity index (χ1v) is 33.5. The highest BCUT2D eigenvalue weighted by Gasteiger charge is 2.12. The first-order valence-electron chi connectivity index (χ1n) is 33.5. The van der Waals surface area contributed by atoms with Crippen molar-refractivity contribution in [3.05, 3.63) is 270 Å². The molecule has 0 saturated carbocycles. The second-order valence-electron chi connectivity index (χ2n) is 27.8. The van der Waals surface area contributed by atoms with Gasteiger partial charge in [0.2, 0.25) is 0 Å². The summed E-state index contributed by atoms with van der Waals surface area (Å²) in [6.45, 7) is 92.2. The first-order chi connectivity index (χ1) is 41.1. The van der Waals surface area contributed by atoms with Crippen LogP contribution in [0.5, 0.6) is 0 Å². The van der Waals surface area contributed by atoms with E-state index < -0.39 is 0 Å². The first kappa shape index (κ1) is 81.8. The summed E-state index contributed by atoms with van der Waals surface area (Å²) >= 11 is 0. The molecular formula is C90H132. The van der Waals surface area contributed by atoms with E-state index >= 15 is 0 Å². The van der Waals surface area contributed by atoms with E-state index in [1.165, 1.54) is 234 Å². The molecule has 0 heterocycles. The Balaban J connectivity index is 0.000000515. The van der Waals surface area contributed by atoms with Crippen LogP contribution in [0.2, 0.25) is 0 Å². The lowest BCUT2D eigenvalue weighted by Crippen LogP contribution is -1.98. The van der Waals surface area contributed by atoms with Gasteiger partial charge in [-0.25, -0.2) is 0 Å². The third-order valence-corrected chi connectivity index (χ3v) is 23.2. The highest BCUT2D eigenvalue weighted by atomic mass is 14.2. The SMILES string of the molecule is Cc1c(C)c(C)c(C)c(C)c1C.Cc1c(C)c(C)c(C)c(C)c1C.Cc1c(C)c(C)c(C)c(C)c1C.Cc1c(C)c(C)c(C)c(C)c1C.Cc1cc(C)c(C)c(C)c1C.Cc1cc(C)c(C)c(C)c1C.Cc1cc(C)c(C)cc1C.Cc1cc(C)c(C)cc1C. The largest absolute Gasteiger partial charge is 0.0559 e. The molecule has 0 saturated heterocycles. The predicted molar refractivity (Wildman–Crippen MR) is 410 cm³/mol. The zero-order valence-electron chi connectivity index (χ0n) is 66.5. The molecule has 0 aliphatic heterocycles. The molecule has 0 amide bonds. The van der Waals surface area contributed by atoms with Crippen LogP contribution >= 0.6 is 0 Å². The van der Waals surface area contributed by atoms with E-state index in [1.54, 1.807) is 0 Å². The van der Waals surface area contributed by atoms with Gasteiger partial charge in [-0.05, 0) is 524 Å². The van der Waals surface area contributed by atoms with E-state index in [9.17, 15) is 0 Å². The fraction of sp³-hybridized carbons (Fsp3) is 0.467. The number of hydrogen-bond donors (Lipinski definition) is 0. The van der Waals surface area contributed by atoms with Crippen molar-refractivity contribution in [3.63, 3.8) is 0 Å². The Labute approximate surface area is 557 Å². The van der Waals surface area contributed by atoms with Gasteiger partial charge >= 0.3 is 0 Å². The summed E-state index contributed by atoms with van der Waals surface area (Å²) in [6.07, 6.45) is 0. The molecule has 0 N–H and O–H groups in total. The van der Waals surface area contributed by atoms with Crippen LogP contribution in [0.4, 0.5) is 0 Å². The lowest BCUT2D eigenvalue weighted by atomic mass is 9.90. The van der Waals surface area contributed by atoms with Crippen molar-refractivity contribution in [2.75, 3.05) is 0 Å². The average molecular weight is 1210 g/mol. The van der Waals surface area contributed by atoms with Gasteiger partial charge in [-0.1, -0.05) is 36.4 Å². The zero-order chi connectivity index (χ0) is 70.5.